The van der Waals surface area contributed by atoms with E-state index in [4.69, 9.17) is 4.74 Å². The van der Waals surface area contributed by atoms with Gasteiger partial charge < -0.3 is 9.84 Å². The van der Waals surface area contributed by atoms with Crippen LogP contribution in [0.1, 0.15) is 40.8 Å². The first-order valence-electron chi connectivity index (χ1n) is 7.10. The quantitative estimate of drug-likeness (QED) is 0.899. The summed E-state index contributed by atoms with van der Waals surface area (Å²) in [4.78, 5) is 0. The lowest BCUT2D eigenvalue weighted by Gasteiger charge is -2.17. The third-order valence-electron chi connectivity index (χ3n) is 4.05. The van der Waals surface area contributed by atoms with Gasteiger partial charge in [0.2, 0.25) is 0 Å². The molecule has 0 bridgehead atoms. The average Bonchev–Trinajstić information content (AvgIpc) is 2.77. The molecule has 2 atom stereocenters. The number of benzene rings is 2. The van der Waals surface area contributed by atoms with Crippen LogP contribution in [0.15, 0.2) is 36.4 Å². The highest BCUT2D eigenvalue weighted by molar-refractivity contribution is 5.46. The van der Waals surface area contributed by atoms with Crippen molar-refractivity contribution >= 4 is 0 Å². The molecular weight excluding hydrogens is 248 g/mol. The minimum absolute atomic E-state index is 0.234. The van der Waals surface area contributed by atoms with Crippen LogP contribution in [0.4, 0.5) is 0 Å². The van der Waals surface area contributed by atoms with E-state index in [1.807, 2.05) is 44.2 Å². The smallest absolute Gasteiger partial charge is 0.123 e. The van der Waals surface area contributed by atoms with Crippen molar-refractivity contribution in [3.05, 3.63) is 64.2 Å². The molecule has 0 aromatic heterocycles. The highest BCUT2D eigenvalue weighted by Gasteiger charge is 2.22. The topological polar surface area (TPSA) is 29.5 Å². The van der Waals surface area contributed by atoms with Gasteiger partial charge in [-0.2, -0.15) is 0 Å². The van der Waals surface area contributed by atoms with Gasteiger partial charge in [-0.1, -0.05) is 24.3 Å². The lowest BCUT2D eigenvalue weighted by atomic mass is 9.92. The Balaban J connectivity index is 2.00. The molecule has 0 amide bonds. The van der Waals surface area contributed by atoms with E-state index in [9.17, 15) is 5.11 Å². The fourth-order valence-electron chi connectivity index (χ4n) is 3.04. The molecule has 2 nitrogen and oxygen atoms in total. The number of aryl methyl sites for hydroxylation is 2. The molecule has 1 aliphatic rings. The summed E-state index contributed by atoms with van der Waals surface area (Å²) in [7, 11) is 0. The van der Waals surface area contributed by atoms with Gasteiger partial charge in [-0.3, -0.25) is 0 Å². The Bertz CT molecular complexity index is 626. The molecule has 3 rings (SSSR count). The largest absolute Gasteiger partial charge is 0.490 e. The van der Waals surface area contributed by atoms with Crippen molar-refractivity contribution in [3.63, 3.8) is 0 Å². The van der Waals surface area contributed by atoms with E-state index in [1.165, 1.54) is 5.56 Å². The van der Waals surface area contributed by atoms with Gasteiger partial charge in [0.15, 0.2) is 0 Å². The highest BCUT2D eigenvalue weighted by atomic mass is 16.5. The lowest BCUT2D eigenvalue weighted by Crippen LogP contribution is -2.05. The molecule has 0 saturated heterocycles. The second-order valence-electron chi connectivity index (χ2n) is 5.71. The summed E-state index contributed by atoms with van der Waals surface area (Å²) < 4.78 is 5.71. The molecule has 2 heteroatoms. The molecule has 0 fully saturated rings. The van der Waals surface area contributed by atoms with E-state index in [0.717, 1.165) is 34.4 Å². The zero-order valence-corrected chi connectivity index (χ0v) is 12.2. The number of hydrogen-bond donors (Lipinski definition) is 1. The Hall–Kier alpha value is -1.80. The van der Waals surface area contributed by atoms with Crippen LogP contribution in [0.3, 0.4) is 0 Å². The van der Waals surface area contributed by atoms with Crippen molar-refractivity contribution in [2.75, 3.05) is 0 Å². The van der Waals surface area contributed by atoms with Crippen molar-refractivity contribution in [1.82, 2.24) is 0 Å². The summed E-state index contributed by atoms with van der Waals surface area (Å²) in [6.45, 7) is 6.16. The van der Waals surface area contributed by atoms with Crippen LogP contribution in [0.2, 0.25) is 0 Å². The van der Waals surface area contributed by atoms with Crippen LogP contribution < -0.4 is 4.74 Å². The van der Waals surface area contributed by atoms with Gasteiger partial charge in [0.05, 0.1) is 0 Å². The molecular formula is C18H20O2. The first kappa shape index (κ1) is 13.2. The van der Waals surface area contributed by atoms with Gasteiger partial charge in [0.25, 0.3) is 0 Å². The molecule has 104 valence electrons. The van der Waals surface area contributed by atoms with Crippen molar-refractivity contribution in [2.45, 2.75) is 39.4 Å². The van der Waals surface area contributed by atoms with Crippen molar-refractivity contribution in [1.29, 1.82) is 0 Å². The molecule has 20 heavy (non-hydrogen) atoms. The zero-order valence-electron chi connectivity index (χ0n) is 12.2. The highest BCUT2D eigenvalue weighted by Crippen LogP contribution is 2.34. The first-order chi connectivity index (χ1) is 9.56. The van der Waals surface area contributed by atoms with Gasteiger partial charge >= 0.3 is 0 Å². The van der Waals surface area contributed by atoms with E-state index < -0.39 is 6.10 Å². The average molecular weight is 268 g/mol. The fourth-order valence-corrected chi connectivity index (χ4v) is 3.04. The van der Waals surface area contributed by atoms with E-state index in [-0.39, 0.29) is 6.10 Å². The van der Waals surface area contributed by atoms with Crippen LogP contribution in [0, 0.1) is 13.8 Å². The van der Waals surface area contributed by atoms with Gasteiger partial charge in [-0.05, 0) is 60.7 Å². The van der Waals surface area contributed by atoms with Crippen LogP contribution in [-0.2, 0) is 6.42 Å². The summed E-state index contributed by atoms with van der Waals surface area (Å²) in [5.74, 6) is 0.954. The van der Waals surface area contributed by atoms with Crippen LogP contribution >= 0.6 is 0 Å². The number of aliphatic hydroxyl groups excluding tert-OH is 1. The molecule has 0 spiro atoms. The molecule has 1 N–H and O–H groups in total. The van der Waals surface area contributed by atoms with Gasteiger partial charge in [-0.15, -0.1) is 0 Å². The Morgan fingerprint density at radius 3 is 2.55 bits per heavy atom. The number of rotatable bonds is 2. The lowest BCUT2D eigenvalue weighted by molar-refractivity contribution is 0.218. The third-order valence-corrected chi connectivity index (χ3v) is 4.05. The Labute approximate surface area is 120 Å². The van der Waals surface area contributed by atoms with Crippen LogP contribution in [-0.4, -0.2) is 11.2 Å². The maximum atomic E-state index is 10.7. The molecule has 0 saturated carbocycles. The van der Waals surface area contributed by atoms with Crippen LogP contribution in [0.25, 0.3) is 0 Å². The SMILES string of the molecule is Cc1cccc(C)c1C(O)c1ccc2c(c1)CC(C)O2. The predicted molar refractivity (Wildman–Crippen MR) is 80.2 cm³/mol. The summed E-state index contributed by atoms with van der Waals surface area (Å²) in [6, 6.07) is 12.1. The van der Waals surface area contributed by atoms with E-state index in [0.29, 0.717) is 0 Å². The second-order valence-corrected chi connectivity index (χ2v) is 5.71. The maximum absolute atomic E-state index is 10.7. The summed E-state index contributed by atoms with van der Waals surface area (Å²) in [6.07, 6.45) is 0.581. The zero-order chi connectivity index (χ0) is 14.3. The minimum atomic E-state index is -0.572. The second kappa shape index (κ2) is 4.95. The summed E-state index contributed by atoms with van der Waals surface area (Å²) >= 11 is 0. The van der Waals surface area contributed by atoms with Crippen molar-refractivity contribution in [2.24, 2.45) is 0 Å². The Morgan fingerprint density at radius 1 is 1.15 bits per heavy atom. The van der Waals surface area contributed by atoms with Crippen LogP contribution in [0.5, 0.6) is 5.75 Å². The predicted octanol–water partition coefficient (Wildman–Crippen LogP) is 3.71. The Kier molecular flexibility index (Phi) is 3.27. The first-order valence-corrected chi connectivity index (χ1v) is 7.10. The Morgan fingerprint density at radius 2 is 1.85 bits per heavy atom. The summed E-state index contributed by atoms with van der Waals surface area (Å²) in [5.41, 5.74) is 5.41. The standard InChI is InChI=1S/C18H20O2/c1-11-5-4-6-12(2)17(11)18(19)14-7-8-16-15(10-14)9-13(3)20-16/h4-8,10,13,18-19H,9H2,1-3H3. The van der Waals surface area contributed by atoms with Gasteiger partial charge in [-0.25, -0.2) is 0 Å². The number of fused-ring (bicyclic) bond motifs is 1. The molecule has 2 aromatic carbocycles. The third kappa shape index (κ3) is 2.20. The van der Waals surface area contributed by atoms with Gasteiger partial charge in [0.1, 0.15) is 18.0 Å². The van der Waals surface area contributed by atoms with Crippen molar-refractivity contribution in [3.8, 4) is 5.75 Å². The molecule has 1 aliphatic heterocycles. The number of aliphatic hydroxyl groups is 1. The molecule has 2 aromatic rings. The van der Waals surface area contributed by atoms with Gasteiger partial charge in [0, 0.05) is 6.42 Å². The fraction of sp³-hybridized carbons (Fsp3) is 0.333. The summed E-state index contributed by atoms with van der Waals surface area (Å²) in [5, 5.41) is 10.7. The van der Waals surface area contributed by atoms with Crippen molar-refractivity contribution < 1.29 is 9.84 Å². The number of hydrogen-bond acceptors (Lipinski definition) is 2. The normalized spacial score (nSPS) is 18.5. The maximum Gasteiger partial charge on any atom is 0.123 e. The molecule has 0 radical (unpaired) electrons. The molecule has 2 unspecified atom stereocenters. The van der Waals surface area contributed by atoms with E-state index in [2.05, 4.69) is 13.0 Å². The van der Waals surface area contributed by atoms with E-state index in [1.54, 1.807) is 0 Å². The van der Waals surface area contributed by atoms with E-state index >= 15 is 0 Å². The number of ether oxygens (including phenoxy) is 1. The monoisotopic (exact) mass is 268 g/mol. The molecule has 0 aliphatic carbocycles. The molecule has 1 heterocycles. The minimum Gasteiger partial charge on any atom is -0.490 e.